The first-order valence-electron chi connectivity index (χ1n) is 9.30. The van der Waals surface area contributed by atoms with Crippen LogP contribution in [0.3, 0.4) is 0 Å². The average Bonchev–Trinajstić information content (AvgIpc) is 3.21. The Morgan fingerprint density at radius 1 is 0.889 bits per heavy atom. The zero-order valence-corrected chi connectivity index (χ0v) is 16.0. The van der Waals surface area contributed by atoms with Crippen LogP contribution in [-0.4, -0.2) is 15.8 Å². The van der Waals surface area contributed by atoms with Gasteiger partial charge in [0.2, 0.25) is 5.78 Å². The van der Waals surface area contributed by atoms with Crippen LogP contribution in [0.15, 0.2) is 59.3 Å². The van der Waals surface area contributed by atoms with E-state index in [1.165, 1.54) is 5.56 Å². The Labute approximate surface area is 164 Å². The topological polar surface area (TPSA) is 56.0 Å². The molecule has 0 unspecified atom stereocenters. The van der Waals surface area contributed by atoms with Crippen molar-refractivity contribution < 1.29 is 9.21 Å². The molecule has 0 aliphatic rings. The van der Waals surface area contributed by atoms with Gasteiger partial charge in [-0.05, 0) is 36.5 Å². The number of pyridine rings is 1. The molecule has 0 N–H and O–H groups in total. The van der Waals surface area contributed by atoms with E-state index in [0.29, 0.717) is 23.8 Å². The molecule has 3 aromatic rings. The highest BCUT2D eigenvalue weighted by Gasteiger charge is 2.14. The summed E-state index contributed by atoms with van der Waals surface area (Å²) >= 11 is 5.76. The van der Waals surface area contributed by atoms with Gasteiger partial charge in [-0.25, -0.2) is 4.98 Å². The first kappa shape index (κ1) is 19.3. The fourth-order valence-electron chi connectivity index (χ4n) is 2.89. The number of hydrogen-bond acceptors (Lipinski definition) is 4. The molecule has 1 aromatic carbocycles. The number of carbonyl (C=O) groups is 1. The standard InChI is InChI=1S/C22H23ClN2O2/c23-14-18-12-13-19(24-15-18)21-16-25-22(27-21)20(26)11-7-2-1-4-8-17-9-5-3-6-10-17/h3,5-6,9-10,12-13,15-16H,1-2,4,7-8,11,14H2. The maximum atomic E-state index is 12.2. The van der Waals surface area contributed by atoms with Crippen LogP contribution < -0.4 is 0 Å². The van der Waals surface area contributed by atoms with Crippen molar-refractivity contribution in [1.29, 1.82) is 0 Å². The molecule has 0 bridgehead atoms. The predicted octanol–water partition coefficient (Wildman–Crippen LogP) is 5.85. The highest BCUT2D eigenvalue weighted by atomic mass is 35.5. The minimum Gasteiger partial charge on any atom is -0.432 e. The van der Waals surface area contributed by atoms with Gasteiger partial charge in [0.15, 0.2) is 5.76 Å². The molecule has 5 heteroatoms. The number of benzene rings is 1. The summed E-state index contributed by atoms with van der Waals surface area (Å²) in [4.78, 5) is 20.6. The second-order valence-corrected chi connectivity index (χ2v) is 6.81. The lowest BCUT2D eigenvalue weighted by Crippen LogP contribution is -1.99. The molecule has 4 nitrogen and oxygen atoms in total. The van der Waals surface area contributed by atoms with E-state index in [1.54, 1.807) is 12.4 Å². The number of alkyl halides is 1. The van der Waals surface area contributed by atoms with E-state index in [9.17, 15) is 4.79 Å². The average molecular weight is 383 g/mol. The van der Waals surface area contributed by atoms with E-state index in [2.05, 4.69) is 34.2 Å². The quantitative estimate of drug-likeness (QED) is 0.250. The van der Waals surface area contributed by atoms with E-state index in [0.717, 1.165) is 37.7 Å². The molecule has 0 aliphatic carbocycles. The van der Waals surface area contributed by atoms with Gasteiger partial charge in [0.1, 0.15) is 5.69 Å². The normalized spacial score (nSPS) is 10.9. The monoisotopic (exact) mass is 382 g/mol. The number of rotatable bonds is 10. The third-order valence-corrected chi connectivity index (χ3v) is 4.75. The summed E-state index contributed by atoms with van der Waals surface area (Å²) < 4.78 is 5.58. The van der Waals surface area contributed by atoms with E-state index < -0.39 is 0 Å². The number of oxazole rings is 1. The molecule has 0 aliphatic heterocycles. The van der Waals surface area contributed by atoms with Crippen molar-refractivity contribution in [3.05, 3.63) is 71.9 Å². The van der Waals surface area contributed by atoms with Crippen molar-refractivity contribution in [3.63, 3.8) is 0 Å². The summed E-state index contributed by atoms with van der Waals surface area (Å²) in [6, 6.07) is 14.2. The van der Waals surface area contributed by atoms with E-state index in [4.69, 9.17) is 16.0 Å². The Balaban J connectivity index is 1.40. The smallest absolute Gasteiger partial charge is 0.263 e. The van der Waals surface area contributed by atoms with Crippen molar-refractivity contribution in [2.45, 2.75) is 44.4 Å². The van der Waals surface area contributed by atoms with Crippen LogP contribution in [-0.2, 0) is 12.3 Å². The van der Waals surface area contributed by atoms with Gasteiger partial charge in [-0.3, -0.25) is 9.78 Å². The van der Waals surface area contributed by atoms with E-state index in [-0.39, 0.29) is 11.7 Å². The van der Waals surface area contributed by atoms with Gasteiger partial charge < -0.3 is 4.42 Å². The number of aryl methyl sites for hydroxylation is 1. The molecule has 0 radical (unpaired) electrons. The van der Waals surface area contributed by atoms with Crippen LogP contribution in [0.5, 0.6) is 0 Å². The summed E-state index contributed by atoms with van der Waals surface area (Å²) in [7, 11) is 0. The van der Waals surface area contributed by atoms with Gasteiger partial charge in [-0.15, -0.1) is 11.6 Å². The van der Waals surface area contributed by atoms with Gasteiger partial charge in [0, 0.05) is 18.5 Å². The number of nitrogens with zero attached hydrogens (tertiary/aromatic N) is 2. The summed E-state index contributed by atoms with van der Waals surface area (Å²) in [5.74, 6) is 1.03. The maximum absolute atomic E-state index is 12.2. The Bertz CT molecular complexity index is 844. The zero-order valence-electron chi connectivity index (χ0n) is 15.2. The summed E-state index contributed by atoms with van der Waals surface area (Å²) in [5, 5.41) is 0. The molecular weight excluding hydrogens is 360 g/mol. The highest BCUT2D eigenvalue weighted by molar-refractivity contribution is 6.17. The molecular formula is C22H23ClN2O2. The van der Waals surface area contributed by atoms with Crippen LogP contribution in [0.1, 0.15) is 53.9 Å². The van der Waals surface area contributed by atoms with Gasteiger partial charge in [-0.2, -0.15) is 0 Å². The molecule has 0 fully saturated rings. The SMILES string of the molecule is O=C(CCCCCCc1ccccc1)c1ncc(-c2ccc(CCl)cn2)o1. The van der Waals surface area contributed by atoms with Crippen molar-refractivity contribution in [2.24, 2.45) is 0 Å². The fourth-order valence-corrected chi connectivity index (χ4v) is 3.05. The molecule has 140 valence electrons. The molecule has 2 heterocycles. The van der Waals surface area contributed by atoms with Gasteiger partial charge in [0.05, 0.1) is 6.20 Å². The number of hydrogen-bond donors (Lipinski definition) is 0. The van der Waals surface area contributed by atoms with Gasteiger partial charge >= 0.3 is 0 Å². The van der Waals surface area contributed by atoms with Gasteiger partial charge in [-0.1, -0.05) is 49.2 Å². The summed E-state index contributed by atoms with van der Waals surface area (Å²) in [5.41, 5.74) is 2.95. The maximum Gasteiger partial charge on any atom is 0.263 e. The van der Waals surface area contributed by atoms with Crippen molar-refractivity contribution in [2.75, 3.05) is 0 Å². The van der Waals surface area contributed by atoms with E-state index >= 15 is 0 Å². The second-order valence-electron chi connectivity index (χ2n) is 6.54. The first-order valence-corrected chi connectivity index (χ1v) is 9.84. The molecule has 3 rings (SSSR count). The third kappa shape index (κ3) is 5.76. The second kappa shape index (κ2) is 10.0. The Morgan fingerprint density at radius 3 is 2.44 bits per heavy atom. The van der Waals surface area contributed by atoms with Crippen molar-refractivity contribution >= 4 is 17.4 Å². The minimum atomic E-state index is -0.0540. The number of Topliss-reactive ketones (excluding diaryl/α,β-unsaturated/α-hetero) is 1. The number of aromatic nitrogens is 2. The number of carbonyl (C=O) groups excluding carboxylic acids is 1. The predicted molar refractivity (Wildman–Crippen MR) is 107 cm³/mol. The molecule has 2 aromatic heterocycles. The van der Waals surface area contributed by atoms with E-state index in [1.807, 2.05) is 18.2 Å². The van der Waals surface area contributed by atoms with Crippen LogP contribution in [0.2, 0.25) is 0 Å². The van der Waals surface area contributed by atoms with Crippen LogP contribution >= 0.6 is 11.6 Å². The van der Waals surface area contributed by atoms with Crippen LogP contribution in [0, 0.1) is 0 Å². The molecule has 0 atom stereocenters. The lowest BCUT2D eigenvalue weighted by molar-refractivity contribution is 0.0946. The van der Waals surface area contributed by atoms with Crippen LogP contribution in [0.25, 0.3) is 11.5 Å². The van der Waals surface area contributed by atoms with Crippen molar-refractivity contribution in [1.82, 2.24) is 9.97 Å². The third-order valence-electron chi connectivity index (χ3n) is 4.44. The Kier molecular flexibility index (Phi) is 7.17. The van der Waals surface area contributed by atoms with Crippen molar-refractivity contribution in [3.8, 4) is 11.5 Å². The lowest BCUT2D eigenvalue weighted by Gasteiger charge is -2.01. The summed E-state index contributed by atoms with van der Waals surface area (Å²) in [6.45, 7) is 0. The molecule has 0 saturated carbocycles. The number of halogens is 1. The van der Waals surface area contributed by atoms with Gasteiger partial charge in [0.25, 0.3) is 5.89 Å². The fraction of sp³-hybridized carbons (Fsp3) is 0.318. The lowest BCUT2D eigenvalue weighted by atomic mass is 10.0. The minimum absolute atomic E-state index is 0.0540. The molecule has 27 heavy (non-hydrogen) atoms. The number of ketones is 1. The Hall–Kier alpha value is -2.46. The first-order chi connectivity index (χ1) is 13.3. The Morgan fingerprint density at radius 2 is 1.70 bits per heavy atom. The summed E-state index contributed by atoms with van der Waals surface area (Å²) in [6.07, 6.45) is 8.96. The largest absolute Gasteiger partial charge is 0.432 e. The van der Waals surface area contributed by atoms with Crippen LogP contribution in [0.4, 0.5) is 0 Å². The highest BCUT2D eigenvalue weighted by Crippen LogP contribution is 2.20. The molecule has 0 amide bonds. The molecule has 0 saturated heterocycles. The number of unbranched alkanes of at least 4 members (excludes halogenated alkanes) is 3. The zero-order chi connectivity index (χ0) is 18.9. The molecule has 0 spiro atoms.